The van der Waals surface area contributed by atoms with Crippen LogP contribution in [0, 0.1) is 0 Å². The summed E-state index contributed by atoms with van der Waals surface area (Å²) in [6.07, 6.45) is 3.80. The molecule has 1 atom stereocenters. The Morgan fingerprint density at radius 2 is 1.59 bits per heavy atom. The lowest BCUT2D eigenvalue weighted by Gasteiger charge is -2.52. The van der Waals surface area contributed by atoms with E-state index in [9.17, 15) is 0 Å². The molecule has 3 aliphatic heterocycles. The molecule has 0 bridgehead atoms. The number of aromatic nitrogens is 4. The molecule has 2 aromatic heterocycles. The first kappa shape index (κ1) is 22.7. The molecule has 0 amide bonds. The number of fused-ring (bicyclic) bond motifs is 1. The maximum atomic E-state index is 6.39. The lowest BCUT2D eigenvalue weighted by molar-refractivity contribution is -0.0246. The summed E-state index contributed by atoms with van der Waals surface area (Å²) >= 11 is 0. The van der Waals surface area contributed by atoms with Crippen LogP contribution in [0.3, 0.4) is 0 Å². The van der Waals surface area contributed by atoms with Crippen molar-refractivity contribution in [3.63, 3.8) is 0 Å². The van der Waals surface area contributed by atoms with Gasteiger partial charge in [-0.15, -0.1) is 0 Å². The van der Waals surface area contributed by atoms with Crippen LogP contribution in [0.4, 0.5) is 5.82 Å². The van der Waals surface area contributed by atoms with E-state index >= 15 is 0 Å². The van der Waals surface area contributed by atoms with Crippen LogP contribution in [0.25, 0.3) is 22.3 Å². The summed E-state index contributed by atoms with van der Waals surface area (Å²) in [5.74, 6) is 2.05. The molecule has 3 saturated heterocycles. The molecule has 3 fully saturated rings. The highest BCUT2D eigenvalue weighted by atomic mass is 16.5. The van der Waals surface area contributed by atoms with E-state index in [4.69, 9.17) is 15.6 Å². The number of para-hydroxylation sites is 1. The fraction of sp³-hybridized carbons (Fsp3) is 0.393. The summed E-state index contributed by atoms with van der Waals surface area (Å²) in [6, 6.07) is 19.4. The normalized spacial score (nSPS) is 21.6. The Morgan fingerprint density at radius 1 is 0.838 bits per heavy atom. The Kier molecular flexibility index (Phi) is 5.76. The molecule has 0 unspecified atom stereocenters. The monoisotopic (exact) mass is 496 g/mol. The topological polar surface area (TPSA) is 97.4 Å². The SMILES string of the molecule is Nc1ncnc2c1c(-c1ccc(Oc3ccccc3)cc1)nn2[C@@H]1CCCN(C2CN(C3CNC3)C2)C1. The molecule has 9 heteroatoms. The third-order valence-electron chi connectivity index (χ3n) is 8.08. The lowest BCUT2D eigenvalue weighted by Crippen LogP contribution is -2.69. The van der Waals surface area contributed by atoms with Crippen molar-refractivity contribution in [2.24, 2.45) is 0 Å². The molecule has 0 aliphatic carbocycles. The molecule has 2 aromatic carbocycles. The predicted molar refractivity (Wildman–Crippen MR) is 144 cm³/mol. The average molecular weight is 497 g/mol. The molecule has 3 N–H and O–H groups in total. The number of likely N-dealkylation sites (tertiary alicyclic amines) is 2. The van der Waals surface area contributed by atoms with Crippen LogP contribution in [-0.2, 0) is 0 Å². The van der Waals surface area contributed by atoms with Gasteiger partial charge in [0.05, 0.1) is 11.4 Å². The summed E-state index contributed by atoms with van der Waals surface area (Å²) in [6.45, 7) is 6.78. The molecular weight excluding hydrogens is 464 g/mol. The first-order valence-corrected chi connectivity index (χ1v) is 13.2. The van der Waals surface area contributed by atoms with Gasteiger partial charge in [-0.3, -0.25) is 9.80 Å². The van der Waals surface area contributed by atoms with Crippen molar-refractivity contribution >= 4 is 16.9 Å². The van der Waals surface area contributed by atoms with Crippen molar-refractivity contribution in [1.29, 1.82) is 0 Å². The van der Waals surface area contributed by atoms with Crippen molar-refractivity contribution in [3.05, 3.63) is 60.9 Å². The Bertz CT molecular complexity index is 1380. The van der Waals surface area contributed by atoms with Gasteiger partial charge in [-0.2, -0.15) is 5.10 Å². The maximum Gasteiger partial charge on any atom is 0.164 e. The minimum atomic E-state index is 0.263. The zero-order valence-corrected chi connectivity index (χ0v) is 20.8. The molecule has 9 nitrogen and oxygen atoms in total. The third-order valence-corrected chi connectivity index (χ3v) is 8.08. The summed E-state index contributed by atoms with van der Waals surface area (Å²) in [5.41, 5.74) is 9.00. The Morgan fingerprint density at radius 3 is 2.35 bits per heavy atom. The second kappa shape index (κ2) is 9.41. The van der Waals surface area contributed by atoms with Crippen LogP contribution in [0.5, 0.6) is 11.5 Å². The number of benzene rings is 2. The number of rotatable bonds is 6. The summed E-state index contributed by atoms with van der Waals surface area (Å²) in [5, 5.41) is 9.32. The lowest BCUT2D eigenvalue weighted by atomic mass is 9.97. The van der Waals surface area contributed by atoms with Gasteiger partial charge >= 0.3 is 0 Å². The van der Waals surface area contributed by atoms with Crippen molar-refractivity contribution in [1.82, 2.24) is 34.9 Å². The highest BCUT2D eigenvalue weighted by Crippen LogP contribution is 2.35. The van der Waals surface area contributed by atoms with Crippen LogP contribution in [0.1, 0.15) is 18.9 Å². The van der Waals surface area contributed by atoms with E-state index in [0.29, 0.717) is 11.9 Å². The van der Waals surface area contributed by atoms with Gasteiger partial charge in [0.1, 0.15) is 29.3 Å². The largest absolute Gasteiger partial charge is 0.457 e. The number of nitrogen functional groups attached to an aromatic ring is 1. The highest BCUT2D eigenvalue weighted by Gasteiger charge is 2.39. The Hall–Kier alpha value is -3.53. The van der Waals surface area contributed by atoms with E-state index in [0.717, 1.165) is 78.9 Å². The fourth-order valence-corrected chi connectivity index (χ4v) is 5.82. The average Bonchev–Trinajstić information content (AvgIpc) is 3.27. The zero-order valence-electron chi connectivity index (χ0n) is 20.8. The van der Waals surface area contributed by atoms with Crippen LogP contribution in [0.15, 0.2) is 60.9 Å². The number of ether oxygens (including phenoxy) is 1. The van der Waals surface area contributed by atoms with E-state index in [-0.39, 0.29) is 6.04 Å². The first-order valence-electron chi connectivity index (χ1n) is 13.2. The number of nitrogens with zero attached hydrogens (tertiary/aromatic N) is 6. The third kappa shape index (κ3) is 4.22. The van der Waals surface area contributed by atoms with E-state index in [1.807, 2.05) is 54.6 Å². The number of hydrogen-bond acceptors (Lipinski definition) is 8. The van der Waals surface area contributed by atoms with Crippen LogP contribution in [0.2, 0.25) is 0 Å². The maximum absolute atomic E-state index is 6.39. The smallest absolute Gasteiger partial charge is 0.164 e. The fourth-order valence-electron chi connectivity index (χ4n) is 5.82. The van der Waals surface area contributed by atoms with Crippen molar-refractivity contribution in [2.45, 2.75) is 31.0 Å². The number of piperidine rings is 1. The van der Waals surface area contributed by atoms with E-state index in [1.165, 1.54) is 13.1 Å². The molecule has 7 rings (SSSR count). The molecule has 0 spiro atoms. The quantitative estimate of drug-likeness (QED) is 0.420. The number of anilines is 1. The second-order valence-electron chi connectivity index (χ2n) is 10.4. The minimum absolute atomic E-state index is 0.263. The van der Waals surface area contributed by atoms with Gasteiger partial charge in [0.15, 0.2) is 5.65 Å². The molecule has 190 valence electrons. The van der Waals surface area contributed by atoms with Gasteiger partial charge in [-0.05, 0) is 55.8 Å². The van der Waals surface area contributed by atoms with Gasteiger partial charge in [-0.25, -0.2) is 14.6 Å². The van der Waals surface area contributed by atoms with Gasteiger partial charge < -0.3 is 15.8 Å². The highest BCUT2D eigenvalue weighted by molar-refractivity contribution is 5.98. The predicted octanol–water partition coefficient (Wildman–Crippen LogP) is 3.16. The van der Waals surface area contributed by atoms with E-state index in [1.54, 1.807) is 6.33 Å². The molecule has 37 heavy (non-hydrogen) atoms. The van der Waals surface area contributed by atoms with Gasteiger partial charge in [0, 0.05) is 50.4 Å². The van der Waals surface area contributed by atoms with E-state index in [2.05, 4.69) is 29.8 Å². The van der Waals surface area contributed by atoms with Crippen LogP contribution < -0.4 is 15.8 Å². The number of nitrogens with one attached hydrogen (secondary N) is 1. The zero-order chi connectivity index (χ0) is 24.8. The number of nitrogens with two attached hydrogens (primary N) is 1. The van der Waals surface area contributed by atoms with Gasteiger partial charge in [0.25, 0.3) is 0 Å². The van der Waals surface area contributed by atoms with E-state index < -0.39 is 0 Å². The molecule has 3 aliphatic rings. The van der Waals surface area contributed by atoms with Gasteiger partial charge in [-0.1, -0.05) is 18.2 Å². The first-order chi connectivity index (χ1) is 18.2. The molecule has 4 aromatic rings. The molecular formula is C28H32N8O. The number of hydrogen-bond donors (Lipinski definition) is 2. The molecule has 0 saturated carbocycles. The standard InChI is InChI=1S/C28H32N8O/c29-27-25-26(19-8-10-24(11-9-19)37-23-6-2-1-3-7-23)33-36(28(25)32-18-31-27)20-5-4-12-34(15-20)22-16-35(17-22)21-13-30-14-21/h1-3,6-11,18,20-22,30H,4-5,12-17H2,(H2,29,31,32)/t20-/m1/s1. The van der Waals surface area contributed by atoms with Crippen molar-refractivity contribution in [2.75, 3.05) is 45.0 Å². The van der Waals surface area contributed by atoms with Crippen LogP contribution in [-0.4, -0.2) is 80.9 Å². The molecule has 0 radical (unpaired) electrons. The summed E-state index contributed by atoms with van der Waals surface area (Å²) < 4.78 is 8.08. The summed E-state index contributed by atoms with van der Waals surface area (Å²) in [4.78, 5) is 14.2. The molecule has 5 heterocycles. The van der Waals surface area contributed by atoms with Crippen molar-refractivity contribution in [3.8, 4) is 22.8 Å². The minimum Gasteiger partial charge on any atom is -0.457 e. The Labute approximate surface area is 216 Å². The van der Waals surface area contributed by atoms with Crippen molar-refractivity contribution < 1.29 is 4.74 Å². The Balaban J connectivity index is 1.14. The van der Waals surface area contributed by atoms with Crippen LogP contribution >= 0.6 is 0 Å². The van der Waals surface area contributed by atoms with Gasteiger partial charge in [0.2, 0.25) is 0 Å². The summed E-state index contributed by atoms with van der Waals surface area (Å²) in [7, 11) is 0. The second-order valence-corrected chi connectivity index (χ2v) is 10.4.